The first-order valence-electron chi connectivity index (χ1n) is 37.0. The van der Waals surface area contributed by atoms with Crippen LogP contribution in [0.5, 0.6) is 0 Å². The number of aliphatic hydroxyl groups excluding tert-OH is 1. The van der Waals surface area contributed by atoms with E-state index in [-0.39, 0.29) is 25.7 Å². The molecule has 0 rings (SSSR count). The summed E-state index contributed by atoms with van der Waals surface area (Å²) < 4.78 is 68.2. The highest BCUT2D eigenvalue weighted by molar-refractivity contribution is 7.47. The lowest BCUT2D eigenvalue weighted by Crippen LogP contribution is -2.30. The van der Waals surface area contributed by atoms with Crippen molar-refractivity contribution in [2.45, 2.75) is 381 Å². The van der Waals surface area contributed by atoms with Gasteiger partial charge in [-0.2, -0.15) is 0 Å². The van der Waals surface area contributed by atoms with Gasteiger partial charge in [-0.3, -0.25) is 37.3 Å². The highest BCUT2D eigenvalue weighted by Gasteiger charge is 2.30. The SMILES string of the molecule is CCCCCCCCCCCCCC(=O)O[C@H](COC(=O)CCCCCCCCCCC)COP(=O)(O)OC[C@H](O)COP(=O)(O)OC[C@@H](COC(=O)CCCCCCCCCCC(C)C)OC(=O)CCCCCCCCCCCCCCCCCCC(C)C. The summed E-state index contributed by atoms with van der Waals surface area (Å²) in [5.74, 6) is -0.589. The van der Waals surface area contributed by atoms with Crippen LogP contribution in [0.25, 0.3) is 0 Å². The van der Waals surface area contributed by atoms with Gasteiger partial charge in [0.25, 0.3) is 0 Å². The zero-order valence-electron chi connectivity index (χ0n) is 58.4. The molecule has 0 heterocycles. The lowest BCUT2D eigenvalue weighted by molar-refractivity contribution is -0.161. The van der Waals surface area contributed by atoms with E-state index in [2.05, 4.69) is 41.5 Å². The first-order chi connectivity index (χ1) is 43.4. The van der Waals surface area contributed by atoms with Gasteiger partial charge in [-0.05, 0) is 37.5 Å². The molecule has 0 aromatic rings. The van der Waals surface area contributed by atoms with E-state index >= 15 is 0 Å². The molecule has 19 heteroatoms. The van der Waals surface area contributed by atoms with Gasteiger partial charge in [-0.15, -0.1) is 0 Å². The molecular formula is C71H138O17P2. The van der Waals surface area contributed by atoms with Crippen LogP contribution in [0.3, 0.4) is 0 Å². The molecule has 2 unspecified atom stereocenters. The predicted molar refractivity (Wildman–Crippen MR) is 363 cm³/mol. The van der Waals surface area contributed by atoms with E-state index in [1.54, 1.807) is 0 Å². The number of carbonyl (C=O) groups is 4. The van der Waals surface area contributed by atoms with Gasteiger partial charge in [0, 0.05) is 25.7 Å². The Hall–Kier alpha value is -1.94. The van der Waals surface area contributed by atoms with E-state index in [9.17, 15) is 43.2 Å². The van der Waals surface area contributed by atoms with Crippen molar-refractivity contribution in [1.82, 2.24) is 0 Å². The van der Waals surface area contributed by atoms with Gasteiger partial charge >= 0.3 is 39.5 Å². The number of ether oxygens (including phenoxy) is 4. The van der Waals surface area contributed by atoms with Crippen LogP contribution in [-0.2, 0) is 65.4 Å². The standard InChI is InChI=1S/C71H138O17P2/c1-7-9-11-13-15-17-24-29-37-43-49-55-70(75)87-66(59-81-68(73)53-47-41-35-27-16-14-12-10-8-2)61-85-89(77,78)83-57-65(72)58-84-90(79,80)86-62-67(60-82-69(74)54-48-42-36-32-31-34-40-46-52-64(5)6)88-71(76)56-50-44-38-30-26-23-21-19-18-20-22-25-28-33-39-45-51-63(3)4/h63-67,72H,7-62H2,1-6H3,(H,77,78)(H,79,80)/t65-,66+,67+/m0/s1. The minimum absolute atomic E-state index is 0.107. The zero-order valence-corrected chi connectivity index (χ0v) is 60.2. The third kappa shape index (κ3) is 64.8. The van der Waals surface area contributed by atoms with E-state index in [0.717, 1.165) is 102 Å². The second-order valence-corrected chi connectivity index (χ2v) is 29.5. The number of unbranched alkanes of at least 4 members (excludes halogenated alkanes) is 40. The van der Waals surface area contributed by atoms with Gasteiger partial charge in [0.05, 0.1) is 26.4 Å². The van der Waals surface area contributed by atoms with Crippen molar-refractivity contribution < 1.29 is 80.2 Å². The first-order valence-corrected chi connectivity index (χ1v) is 40.0. The Balaban J connectivity index is 5.19. The summed E-state index contributed by atoms with van der Waals surface area (Å²) in [7, 11) is -9.90. The lowest BCUT2D eigenvalue weighted by Gasteiger charge is -2.21. The second-order valence-electron chi connectivity index (χ2n) is 26.6. The second kappa shape index (κ2) is 63.1. The summed E-state index contributed by atoms with van der Waals surface area (Å²) in [6.45, 7) is 9.53. The van der Waals surface area contributed by atoms with Gasteiger partial charge in [0.1, 0.15) is 19.3 Å². The third-order valence-corrected chi connectivity index (χ3v) is 18.4. The number of hydrogen-bond acceptors (Lipinski definition) is 15. The zero-order chi connectivity index (χ0) is 66.5. The Morgan fingerprint density at radius 3 is 0.756 bits per heavy atom. The van der Waals surface area contributed by atoms with E-state index in [1.807, 2.05) is 0 Å². The average molecular weight is 1330 g/mol. The largest absolute Gasteiger partial charge is 0.472 e. The molecule has 0 saturated carbocycles. The number of phosphoric ester groups is 2. The summed E-state index contributed by atoms with van der Waals surface area (Å²) in [4.78, 5) is 72.5. The molecule has 0 bridgehead atoms. The molecule has 0 spiro atoms. The molecule has 0 aliphatic carbocycles. The first kappa shape index (κ1) is 88.1. The van der Waals surface area contributed by atoms with Crippen LogP contribution < -0.4 is 0 Å². The lowest BCUT2D eigenvalue weighted by atomic mass is 10.0. The molecule has 534 valence electrons. The van der Waals surface area contributed by atoms with Crippen LogP contribution >= 0.6 is 15.6 Å². The topological polar surface area (TPSA) is 237 Å². The molecule has 3 N–H and O–H groups in total. The fourth-order valence-corrected chi connectivity index (χ4v) is 12.3. The Labute approximate surface area is 549 Å². The number of rotatable bonds is 70. The van der Waals surface area contributed by atoms with Crippen LogP contribution in [0.1, 0.15) is 363 Å². The maximum Gasteiger partial charge on any atom is 0.472 e. The van der Waals surface area contributed by atoms with Crippen LogP contribution in [0, 0.1) is 11.8 Å². The van der Waals surface area contributed by atoms with Crippen molar-refractivity contribution in [3.05, 3.63) is 0 Å². The highest BCUT2D eigenvalue weighted by atomic mass is 31.2. The van der Waals surface area contributed by atoms with E-state index in [0.29, 0.717) is 25.7 Å². The molecule has 0 radical (unpaired) electrons. The van der Waals surface area contributed by atoms with Gasteiger partial charge in [0.2, 0.25) is 0 Å². The number of phosphoric acid groups is 2. The number of esters is 4. The molecule has 0 fully saturated rings. The molecule has 90 heavy (non-hydrogen) atoms. The number of hydrogen-bond donors (Lipinski definition) is 3. The van der Waals surface area contributed by atoms with Crippen molar-refractivity contribution in [1.29, 1.82) is 0 Å². The van der Waals surface area contributed by atoms with Crippen LogP contribution in [0.2, 0.25) is 0 Å². The predicted octanol–water partition coefficient (Wildman–Crippen LogP) is 20.4. The molecule has 0 amide bonds. The van der Waals surface area contributed by atoms with Crippen molar-refractivity contribution in [2.75, 3.05) is 39.6 Å². The van der Waals surface area contributed by atoms with Crippen molar-refractivity contribution in [2.24, 2.45) is 11.8 Å². The van der Waals surface area contributed by atoms with Crippen LogP contribution in [0.4, 0.5) is 0 Å². The number of aliphatic hydroxyl groups is 1. The van der Waals surface area contributed by atoms with E-state index in [4.69, 9.17) is 37.0 Å². The monoisotopic (exact) mass is 1320 g/mol. The molecule has 5 atom stereocenters. The molecular weight excluding hydrogens is 1190 g/mol. The maximum atomic E-state index is 13.0. The molecule has 0 aliphatic rings. The molecule has 0 saturated heterocycles. The summed E-state index contributed by atoms with van der Waals surface area (Å²) in [6, 6.07) is 0. The van der Waals surface area contributed by atoms with Gasteiger partial charge in [-0.1, -0.05) is 311 Å². The molecule has 0 aromatic heterocycles. The van der Waals surface area contributed by atoms with Crippen molar-refractivity contribution >= 4 is 39.5 Å². The van der Waals surface area contributed by atoms with Gasteiger partial charge in [-0.25, -0.2) is 9.13 Å². The van der Waals surface area contributed by atoms with Crippen LogP contribution in [0.15, 0.2) is 0 Å². The Bertz CT molecular complexity index is 1750. The van der Waals surface area contributed by atoms with E-state index in [1.165, 1.54) is 180 Å². The summed E-state index contributed by atoms with van der Waals surface area (Å²) in [6.07, 6.45) is 48.6. The minimum Gasteiger partial charge on any atom is -0.462 e. The highest BCUT2D eigenvalue weighted by Crippen LogP contribution is 2.45. The van der Waals surface area contributed by atoms with Gasteiger partial charge < -0.3 is 33.8 Å². The van der Waals surface area contributed by atoms with Gasteiger partial charge in [0.15, 0.2) is 12.2 Å². The van der Waals surface area contributed by atoms with Crippen molar-refractivity contribution in [3.8, 4) is 0 Å². The Kier molecular flexibility index (Phi) is 61.8. The van der Waals surface area contributed by atoms with Crippen molar-refractivity contribution in [3.63, 3.8) is 0 Å². The quantitative estimate of drug-likeness (QED) is 0.0222. The average Bonchev–Trinajstić information content (AvgIpc) is 3.03. The third-order valence-electron chi connectivity index (χ3n) is 16.5. The summed E-state index contributed by atoms with van der Waals surface area (Å²) in [5, 5.41) is 10.6. The van der Waals surface area contributed by atoms with Crippen LogP contribution in [-0.4, -0.2) is 96.7 Å². The smallest absolute Gasteiger partial charge is 0.462 e. The Morgan fingerprint density at radius 1 is 0.300 bits per heavy atom. The molecule has 0 aliphatic heterocycles. The molecule has 17 nitrogen and oxygen atoms in total. The fraction of sp³-hybridized carbons (Fsp3) is 0.944. The Morgan fingerprint density at radius 2 is 0.511 bits per heavy atom. The summed E-state index contributed by atoms with van der Waals surface area (Å²) in [5.41, 5.74) is 0. The maximum absolute atomic E-state index is 13.0. The minimum atomic E-state index is -4.95. The summed E-state index contributed by atoms with van der Waals surface area (Å²) >= 11 is 0. The van der Waals surface area contributed by atoms with E-state index < -0.39 is 97.5 Å². The molecule has 0 aromatic carbocycles. The normalized spacial score (nSPS) is 14.1. The fourth-order valence-electron chi connectivity index (χ4n) is 10.8. The number of carbonyl (C=O) groups excluding carboxylic acids is 4.